The number of nitrogens with zero attached hydrogens (tertiary/aromatic N) is 1. The zero-order valence-electron chi connectivity index (χ0n) is 11.4. The Hall–Kier alpha value is -2.13. The first kappa shape index (κ1) is 15.3. The zero-order valence-corrected chi connectivity index (χ0v) is 13.6. The highest BCUT2D eigenvalue weighted by molar-refractivity contribution is 14.1. The third-order valence-electron chi connectivity index (χ3n) is 2.91. The quantitative estimate of drug-likeness (QED) is 0.488. The van der Waals surface area contributed by atoms with Crippen LogP contribution in [-0.2, 0) is 4.79 Å². The van der Waals surface area contributed by atoms with Gasteiger partial charge in [0.05, 0.1) is 0 Å². The fraction of sp³-hybridized carbons (Fsp3) is 0.0588. The Kier molecular flexibility index (Phi) is 5.12. The van der Waals surface area contributed by atoms with Gasteiger partial charge in [-0.2, -0.15) is 5.26 Å². The van der Waals surface area contributed by atoms with E-state index in [4.69, 9.17) is 5.26 Å². The third kappa shape index (κ3) is 4.17. The molecular weight excluding hydrogens is 375 g/mol. The molecule has 1 N–H and O–H groups in total. The molecule has 0 radical (unpaired) electrons. The Balaban J connectivity index is 2.22. The fourth-order valence-corrected chi connectivity index (χ4v) is 2.47. The molecular formula is C17H13IN2O. The lowest BCUT2D eigenvalue weighted by molar-refractivity contribution is -0.112. The number of hydrogen-bond acceptors (Lipinski definition) is 2. The molecule has 0 saturated carbocycles. The minimum absolute atomic E-state index is 0.0825. The van der Waals surface area contributed by atoms with Gasteiger partial charge >= 0.3 is 0 Å². The molecule has 0 heterocycles. The van der Waals surface area contributed by atoms with Gasteiger partial charge in [-0.25, -0.2) is 0 Å². The van der Waals surface area contributed by atoms with E-state index >= 15 is 0 Å². The van der Waals surface area contributed by atoms with Crippen molar-refractivity contribution in [2.75, 3.05) is 5.32 Å². The summed E-state index contributed by atoms with van der Waals surface area (Å²) in [5, 5.41) is 11.9. The van der Waals surface area contributed by atoms with E-state index in [-0.39, 0.29) is 5.57 Å². The van der Waals surface area contributed by atoms with E-state index in [0.29, 0.717) is 0 Å². The Morgan fingerprint density at radius 2 is 1.95 bits per heavy atom. The van der Waals surface area contributed by atoms with Crippen LogP contribution in [0.2, 0.25) is 0 Å². The zero-order chi connectivity index (χ0) is 15.2. The van der Waals surface area contributed by atoms with Crippen LogP contribution in [0.1, 0.15) is 11.1 Å². The van der Waals surface area contributed by atoms with Crippen molar-refractivity contribution in [2.45, 2.75) is 6.92 Å². The normalized spacial score (nSPS) is 10.8. The van der Waals surface area contributed by atoms with Gasteiger partial charge in [0.2, 0.25) is 0 Å². The lowest BCUT2D eigenvalue weighted by atomic mass is 10.1. The molecule has 1 amide bonds. The van der Waals surface area contributed by atoms with Gasteiger partial charge in [-0.05, 0) is 64.9 Å². The van der Waals surface area contributed by atoms with Crippen LogP contribution in [0.25, 0.3) is 6.08 Å². The topological polar surface area (TPSA) is 52.9 Å². The first-order valence-electron chi connectivity index (χ1n) is 6.34. The molecule has 0 unspecified atom stereocenters. The van der Waals surface area contributed by atoms with Crippen LogP contribution in [-0.4, -0.2) is 5.91 Å². The summed E-state index contributed by atoms with van der Waals surface area (Å²) in [6.45, 7) is 1.92. The molecule has 104 valence electrons. The molecule has 0 aliphatic carbocycles. The number of nitriles is 1. The number of carbonyl (C=O) groups is 1. The molecule has 0 saturated heterocycles. The molecule has 0 bridgehead atoms. The van der Waals surface area contributed by atoms with Gasteiger partial charge in [0.15, 0.2) is 0 Å². The lowest BCUT2D eigenvalue weighted by Crippen LogP contribution is -2.14. The van der Waals surface area contributed by atoms with Gasteiger partial charge in [-0.3, -0.25) is 4.79 Å². The van der Waals surface area contributed by atoms with Gasteiger partial charge in [-0.15, -0.1) is 0 Å². The smallest absolute Gasteiger partial charge is 0.266 e. The molecule has 0 spiro atoms. The number of anilines is 1. The maximum atomic E-state index is 12.2. The first-order valence-corrected chi connectivity index (χ1v) is 7.42. The fourth-order valence-electron chi connectivity index (χ4n) is 1.82. The number of benzene rings is 2. The minimum Gasteiger partial charge on any atom is -0.321 e. The Morgan fingerprint density at radius 1 is 1.24 bits per heavy atom. The summed E-state index contributed by atoms with van der Waals surface area (Å²) in [5.41, 5.74) is 2.59. The molecule has 0 atom stereocenters. The average molecular weight is 388 g/mol. The van der Waals surface area contributed by atoms with E-state index in [1.165, 1.54) is 0 Å². The van der Waals surface area contributed by atoms with Gasteiger partial charge < -0.3 is 5.32 Å². The second kappa shape index (κ2) is 7.04. The lowest BCUT2D eigenvalue weighted by Gasteiger charge is -2.08. The molecule has 21 heavy (non-hydrogen) atoms. The van der Waals surface area contributed by atoms with Crippen LogP contribution in [0.15, 0.2) is 54.1 Å². The molecule has 2 aromatic rings. The number of aryl methyl sites for hydroxylation is 1. The number of nitrogens with one attached hydrogen (secondary N) is 1. The molecule has 0 aromatic heterocycles. The molecule has 2 rings (SSSR count). The molecule has 0 aliphatic heterocycles. The van der Waals surface area contributed by atoms with Gasteiger partial charge in [0.25, 0.3) is 5.91 Å². The summed E-state index contributed by atoms with van der Waals surface area (Å²) in [6.07, 6.45) is 1.58. The van der Waals surface area contributed by atoms with Crippen molar-refractivity contribution in [2.24, 2.45) is 0 Å². The Bertz CT molecular complexity index is 730. The maximum Gasteiger partial charge on any atom is 0.266 e. The van der Waals surface area contributed by atoms with Crippen molar-refractivity contribution < 1.29 is 4.79 Å². The molecule has 0 aliphatic rings. The van der Waals surface area contributed by atoms with Crippen molar-refractivity contribution in [1.82, 2.24) is 0 Å². The highest BCUT2D eigenvalue weighted by Crippen LogP contribution is 2.18. The predicted octanol–water partition coefficient (Wildman–Crippen LogP) is 4.15. The van der Waals surface area contributed by atoms with Crippen molar-refractivity contribution in [3.63, 3.8) is 0 Å². The van der Waals surface area contributed by atoms with Gasteiger partial charge in [0.1, 0.15) is 11.6 Å². The van der Waals surface area contributed by atoms with Crippen LogP contribution in [0.4, 0.5) is 5.69 Å². The van der Waals surface area contributed by atoms with Crippen LogP contribution >= 0.6 is 22.6 Å². The Morgan fingerprint density at radius 3 is 2.57 bits per heavy atom. The van der Waals surface area contributed by atoms with E-state index < -0.39 is 5.91 Å². The second-order valence-corrected chi connectivity index (χ2v) is 5.74. The summed E-state index contributed by atoms with van der Waals surface area (Å²) in [4.78, 5) is 12.2. The highest BCUT2D eigenvalue weighted by atomic mass is 127. The van der Waals surface area contributed by atoms with Gasteiger partial charge in [0, 0.05) is 9.26 Å². The van der Waals surface area contributed by atoms with Crippen LogP contribution in [0.3, 0.4) is 0 Å². The first-order chi connectivity index (χ1) is 10.1. The average Bonchev–Trinajstić information content (AvgIpc) is 2.48. The summed E-state index contributed by atoms with van der Waals surface area (Å²) in [5.74, 6) is -0.398. The van der Waals surface area contributed by atoms with Crippen molar-refractivity contribution >= 4 is 40.3 Å². The van der Waals surface area contributed by atoms with E-state index in [0.717, 1.165) is 20.4 Å². The molecule has 0 fully saturated rings. The third-order valence-corrected chi connectivity index (χ3v) is 3.58. The second-order valence-electron chi connectivity index (χ2n) is 4.49. The van der Waals surface area contributed by atoms with Crippen molar-refractivity contribution in [3.8, 4) is 6.07 Å². The van der Waals surface area contributed by atoms with E-state index in [2.05, 4.69) is 27.9 Å². The number of hydrogen-bond donors (Lipinski definition) is 1. The van der Waals surface area contributed by atoms with E-state index in [1.54, 1.807) is 6.08 Å². The highest BCUT2D eigenvalue weighted by Gasteiger charge is 2.10. The number of rotatable bonds is 3. The SMILES string of the molecule is Cc1cc(I)ccc1NC(=O)/C(C#N)=C\c1ccccc1. The molecule has 2 aromatic carbocycles. The van der Waals surface area contributed by atoms with Crippen LogP contribution in [0, 0.1) is 21.8 Å². The standard InChI is InChI=1S/C17H13IN2O/c1-12-9-15(18)7-8-16(12)20-17(21)14(11-19)10-13-5-3-2-4-6-13/h2-10H,1H3,(H,20,21)/b14-10-. The molecule has 4 heteroatoms. The minimum atomic E-state index is -0.398. The monoisotopic (exact) mass is 388 g/mol. The predicted molar refractivity (Wildman–Crippen MR) is 92.6 cm³/mol. The Labute approximate surface area is 137 Å². The number of halogens is 1. The van der Waals surface area contributed by atoms with Gasteiger partial charge in [-0.1, -0.05) is 30.3 Å². The summed E-state index contributed by atoms with van der Waals surface area (Å²) < 4.78 is 1.10. The van der Waals surface area contributed by atoms with Crippen LogP contribution in [0.5, 0.6) is 0 Å². The summed E-state index contributed by atoms with van der Waals surface area (Å²) in [7, 11) is 0. The summed E-state index contributed by atoms with van der Waals surface area (Å²) in [6, 6.07) is 17.0. The van der Waals surface area contributed by atoms with E-state index in [1.807, 2.05) is 61.5 Å². The van der Waals surface area contributed by atoms with Crippen molar-refractivity contribution in [1.29, 1.82) is 5.26 Å². The number of carbonyl (C=O) groups excluding carboxylic acids is 1. The number of amides is 1. The summed E-state index contributed by atoms with van der Waals surface area (Å²) >= 11 is 2.22. The largest absolute Gasteiger partial charge is 0.321 e. The van der Waals surface area contributed by atoms with Crippen LogP contribution < -0.4 is 5.32 Å². The molecule has 3 nitrogen and oxygen atoms in total. The van der Waals surface area contributed by atoms with Crippen molar-refractivity contribution in [3.05, 3.63) is 68.8 Å². The maximum absolute atomic E-state index is 12.2. The van der Waals surface area contributed by atoms with E-state index in [9.17, 15) is 4.79 Å².